The lowest BCUT2D eigenvalue weighted by Gasteiger charge is -2.23. The first-order valence-electron chi connectivity index (χ1n) is 12.4. The molecule has 2 aromatic heterocycles. The molecule has 0 bridgehead atoms. The standard InChI is InChI=1S/C25H36N8O4/c1-4-5-6-18(11-12-36-2)27-24-19(20(8-10-23(34)35)28-25(26)29-24)15-17-13-16(7-9-21(17)37-3)14-22-30-32-33-31-22/h7,9,13,18H,4-6,8,10-12,14-15H2,1-3H3,(H,34,35)(H3,26,27,28,29)(H,30,31,32,33)/t18-/m0/s1. The highest BCUT2D eigenvalue weighted by Crippen LogP contribution is 2.30. The van der Waals surface area contributed by atoms with Crippen molar-refractivity contribution in [2.24, 2.45) is 0 Å². The van der Waals surface area contributed by atoms with Crippen LogP contribution in [0.15, 0.2) is 18.2 Å². The van der Waals surface area contributed by atoms with Crippen LogP contribution in [0.5, 0.6) is 5.75 Å². The molecule has 200 valence electrons. The lowest BCUT2D eigenvalue weighted by atomic mass is 9.97. The zero-order valence-electron chi connectivity index (χ0n) is 21.7. The summed E-state index contributed by atoms with van der Waals surface area (Å²) in [4.78, 5) is 20.4. The van der Waals surface area contributed by atoms with Gasteiger partial charge in [0.15, 0.2) is 5.82 Å². The molecule has 0 amide bonds. The van der Waals surface area contributed by atoms with Gasteiger partial charge in [-0.15, -0.1) is 10.2 Å². The number of unbranched alkanes of at least 4 members (excludes halogenated alkanes) is 1. The molecule has 0 saturated heterocycles. The molecule has 1 aromatic carbocycles. The second-order valence-corrected chi connectivity index (χ2v) is 8.84. The Morgan fingerprint density at radius 2 is 2.05 bits per heavy atom. The number of aryl methyl sites for hydroxylation is 1. The highest BCUT2D eigenvalue weighted by atomic mass is 16.5. The molecule has 37 heavy (non-hydrogen) atoms. The van der Waals surface area contributed by atoms with Gasteiger partial charge in [-0.25, -0.2) is 4.98 Å². The number of hydrogen-bond acceptors (Lipinski definition) is 10. The van der Waals surface area contributed by atoms with E-state index in [0.29, 0.717) is 42.5 Å². The Hall–Kier alpha value is -3.80. The van der Waals surface area contributed by atoms with E-state index in [4.69, 9.17) is 15.2 Å². The first-order chi connectivity index (χ1) is 17.9. The third-order valence-corrected chi connectivity index (χ3v) is 6.07. The van der Waals surface area contributed by atoms with Crippen molar-refractivity contribution >= 4 is 17.7 Å². The van der Waals surface area contributed by atoms with Gasteiger partial charge in [0.2, 0.25) is 5.95 Å². The number of aromatic nitrogens is 6. The average Bonchev–Trinajstić information content (AvgIpc) is 3.39. The number of methoxy groups -OCH3 is 2. The summed E-state index contributed by atoms with van der Waals surface area (Å²) >= 11 is 0. The SMILES string of the molecule is CCCC[C@@H](CCOC)Nc1nc(N)nc(CCC(=O)O)c1Cc1cc(Cc2nn[nH]n2)ccc1OC. The Balaban J connectivity index is 2.01. The van der Waals surface area contributed by atoms with E-state index < -0.39 is 5.97 Å². The van der Waals surface area contributed by atoms with Gasteiger partial charge in [-0.2, -0.15) is 10.2 Å². The number of hydrogen-bond donors (Lipinski definition) is 4. The van der Waals surface area contributed by atoms with Crippen LogP contribution in [-0.4, -0.2) is 68.5 Å². The molecule has 5 N–H and O–H groups in total. The molecule has 12 nitrogen and oxygen atoms in total. The number of ether oxygens (including phenoxy) is 2. The summed E-state index contributed by atoms with van der Waals surface area (Å²) in [6.45, 7) is 2.76. The molecule has 12 heteroatoms. The fourth-order valence-corrected chi connectivity index (χ4v) is 4.19. The second kappa shape index (κ2) is 14.1. The molecule has 0 aliphatic rings. The zero-order valence-corrected chi connectivity index (χ0v) is 21.7. The molecule has 0 aliphatic carbocycles. The van der Waals surface area contributed by atoms with Crippen molar-refractivity contribution in [3.8, 4) is 5.75 Å². The molecular formula is C25H36N8O4. The van der Waals surface area contributed by atoms with Crippen molar-refractivity contribution in [1.82, 2.24) is 30.6 Å². The minimum Gasteiger partial charge on any atom is -0.496 e. The number of carbonyl (C=O) groups is 1. The van der Waals surface area contributed by atoms with Gasteiger partial charge in [0.25, 0.3) is 0 Å². The zero-order chi connectivity index (χ0) is 26.6. The maximum absolute atomic E-state index is 11.4. The van der Waals surface area contributed by atoms with Crippen molar-refractivity contribution in [2.75, 3.05) is 31.9 Å². The number of nitrogens with two attached hydrogens (primary N) is 1. The molecule has 0 unspecified atom stereocenters. The van der Waals surface area contributed by atoms with Crippen LogP contribution in [0.3, 0.4) is 0 Å². The minimum absolute atomic E-state index is 0.0686. The third-order valence-electron chi connectivity index (χ3n) is 6.07. The smallest absolute Gasteiger partial charge is 0.303 e. The summed E-state index contributed by atoms with van der Waals surface area (Å²) in [7, 11) is 3.30. The Labute approximate surface area is 216 Å². The number of nitrogens with one attached hydrogen (secondary N) is 2. The van der Waals surface area contributed by atoms with Crippen LogP contribution < -0.4 is 15.8 Å². The van der Waals surface area contributed by atoms with Crippen LogP contribution in [0.2, 0.25) is 0 Å². The molecule has 0 fully saturated rings. The number of benzene rings is 1. The van der Waals surface area contributed by atoms with E-state index in [9.17, 15) is 9.90 Å². The van der Waals surface area contributed by atoms with E-state index in [2.05, 4.69) is 42.8 Å². The van der Waals surface area contributed by atoms with Crippen molar-refractivity contribution < 1.29 is 19.4 Å². The fourth-order valence-electron chi connectivity index (χ4n) is 4.19. The van der Waals surface area contributed by atoms with Gasteiger partial charge in [-0.1, -0.05) is 37.1 Å². The van der Waals surface area contributed by atoms with E-state index in [1.54, 1.807) is 14.2 Å². The summed E-state index contributed by atoms with van der Waals surface area (Å²) in [5.74, 6) is 1.08. The van der Waals surface area contributed by atoms with Gasteiger partial charge in [0.1, 0.15) is 11.6 Å². The van der Waals surface area contributed by atoms with Crippen molar-refractivity contribution in [1.29, 1.82) is 0 Å². The molecule has 1 atom stereocenters. The van der Waals surface area contributed by atoms with Crippen molar-refractivity contribution in [3.05, 3.63) is 46.4 Å². The molecule has 0 saturated carbocycles. The van der Waals surface area contributed by atoms with Crippen LogP contribution in [-0.2, 0) is 28.8 Å². The molecule has 0 radical (unpaired) electrons. The van der Waals surface area contributed by atoms with Crippen LogP contribution in [0.1, 0.15) is 67.2 Å². The Kier molecular flexibility index (Phi) is 10.6. The fraction of sp³-hybridized carbons (Fsp3) is 0.520. The number of carboxylic acids is 1. The van der Waals surface area contributed by atoms with Crippen LogP contribution in [0.4, 0.5) is 11.8 Å². The van der Waals surface area contributed by atoms with Gasteiger partial charge in [0, 0.05) is 44.6 Å². The molecule has 0 spiro atoms. The Morgan fingerprint density at radius 3 is 2.73 bits per heavy atom. The maximum Gasteiger partial charge on any atom is 0.303 e. The van der Waals surface area contributed by atoms with E-state index in [-0.39, 0.29) is 24.8 Å². The normalized spacial score (nSPS) is 11.9. The quantitative estimate of drug-likeness (QED) is 0.222. The maximum atomic E-state index is 11.4. The van der Waals surface area contributed by atoms with Gasteiger partial charge in [-0.05, 0) is 30.0 Å². The highest BCUT2D eigenvalue weighted by molar-refractivity contribution is 5.67. The first kappa shape index (κ1) is 27.8. The number of rotatable bonds is 16. The molecule has 3 aromatic rings. The van der Waals surface area contributed by atoms with Crippen molar-refractivity contribution in [2.45, 2.75) is 64.3 Å². The summed E-state index contributed by atoms with van der Waals surface area (Å²) in [5, 5.41) is 27.1. The van der Waals surface area contributed by atoms with E-state index >= 15 is 0 Å². The minimum atomic E-state index is -0.904. The van der Waals surface area contributed by atoms with Crippen LogP contribution >= 0.6 is 0 Å². The molecule has 3 rings (SSSR count). The third kappa shape index (κ3) is 8.38. The summed E-state index contributed by atoms with van der Waals surface area (Å²) < 4.78 is 11.0. The molecule has 2 heterocycles. The van der Waals surface area contributed by atoms with E-state index in [0.717, 1.165) is 42.4 Å². The lowest BCUT2D eigenvalue weighted by molar-refractivity contribution is -0.136. The number of H-pyrrole nitrogens is 1. The number of anilines is 2. The number of nitrogens with zero attached hydrogens (tertiary/aromatic N) is 5. The first-order valence-corrected chi connectivity index (χ1v) is 12.4. The van der Waals surface area contributed by atoms with Gasteiger partial charge >= 0.3 is 5.97 Å². The number of nitrogen functional groups attached to an aromatic ring is 1. The summed E-state index contributed by atoms with van der Waals surface area (Å²) in [6.07, 6.45) is 4.94. The number of aliphatic carboxylic acids is 1. The number of carboxylic acid groups (broad SMARTS) is 1. The van der Waals surface area contributed by atoms with Gasteiger partial charge in [-0.3, -0.25) is 4.79 Å². The average molecular weight is 513 g/mol. The largest absolute Gasteiger partial charge is 0.496 e. The monoisotopic (exact) mass is 512 g/mol. The number of tetrazole rings is 1. The molecular weight excluding hydrogens is 476 g/mol. The van der Waals surface area contributed by atoms with Gasteiger partial charge in [0.05, 0.1) is 19.2 Å². The summed E-state index contributed by atoms with van der Waals surface area (Å²) in [5.41, 5.74) is 9.36. The van der Waals surface area contributed by atoms with Crippen LogP contribution in [0, 0.1) is 0 Å². The summed E-state index contributed by atoms with van der Waals surface area (Å²) in [6, 6.07) is 5.99. The number of aromatic amines is 1. The second-order valence-electron chi connectivity index (χ2n) is 8.84. The lowest BCUT2D eigenvalue weighted by Crippen LogP contribution is -2.24. The topological polar surface area (TPSA) is 174 Å². The highest BCUT2D eigenvalue weighted by Gasteiger charge is 2.20. The predicted octanol–water partition coefficient (Wildman–Crippen LogP) is 2.79. The van der Waals surface area contributed by atoms with E-state index in [1.165, 1.54) is 0 Å². The van der Waals surface area contributed by atoms with E-state index in [1.807, 2.05) is 18.2 Å². The van der Waals surface area contributed by atoms with Gasteiger partial charge < -0.3 is 25.6 Å². The predicted molar refractivity (Wildman–Crippen MR) is 139 cm³/mol. The molecule has 0 aliphatic heterocycles. The van der Waals surface area contributed by atoms with Crippen LogP contribution in [0.25, 0.3) is 0 Å². The Morgan fingerprint density at radius 1 is 1.22 bits per heavy atom. The van der Waals surface area contributed by atoms with Crippen molar-refractivity contribution in [3.63, 3.8) is 0 Å². The Bertz CT molecular complexity index is 1130.